The lowest BCUT2D eigenvalue weighted by atomic mass is 9.78. The molecule has 2 aliphatic rings. The summed E-state index contributed by atoms with van der Waals surface area (Å²) in [4.78, 5) is 30.2. The number of rotatable bonds is 3. The molecule has 1 N–H and O–H groups in total. The predicted molar refractivity (Wildman–Crippen MR) is 158 cm³/mol. The number of aryl methyl sites for hydroxylation is 1. The number of carbonyl (C=O) groups is 2. The number of benzene rings is 4. The van der Waals surface area contributed by atoms with Crippen LogP contribution >= 0.6 is 23.2 Å². The van der Waals surface area contributed by atoms with Gasteiger partial charge in [0.05, 0.1) is 28.0 Å². The molecule has 4 aromatic rings. The lowest BCUT2D eigenvalue weighted by molar-refractivity contribution is -0.116. The van der Waals surface area contributed by atoms with E-state index in [1.165, 1.54) is 0 Å². The van der Waals surface area contributed by atoms with Gasteiger partial charge in [-0.25, -0.2) is 0 Å². The van der Waals surface area contributed by atoms with Crippen molar-refractivity contribution in [3.05, 3.63) is 141 Å². The lowest BCUT2D eigenvalue weighted by Gasteiger charge is -2.35. The number of hydrogen-bond donors (Lipinski definition) is 1. The Kier molecular flexibility index (Phi) is 6.76. The highest BCUT2D eigenvalue weighted by atomic mass is 35.5. The van der Waals surface area contributed by atoms with Gasteiger partial charge in [0.25, 0.3) is 5.91 Å². The molecule has 1 heterocycles. The summed E-state index contributed by atoms with van der Waals surface area (Å²) in [5.74, 6) is -0.353. The van der Waals surface area contributed by atoms with Gasteiger partial charge in [0.1, 0.15) is 0 Å². The average molecular weight is 553 g/mol. The van der Waals surface area contributed by atoms with Crippen LogP contribution in [0.2, 0.25) is 10.0 Å². The maximum Gasteiger partial charge on any atom is 0.260 e. The maximum absolute atomic E-state index is 14.4. The second-order valence-corrected chi connectivity index (χ2v) is 10.9. The molecular weight excluding hydrogens is 527 g/mol. The highest BCUT2D eigenvalue weighted by molar-refractivity contribution is 6.34. The minimum absolute atomic E-state index is 0.0102. The fourth-order valence-corrected chi connectivity index (χ4v) is 6.17. The molecule has 0 fully saturated rings. The molecule has 6 rings (SSSR count). The number of fused-ring (bicyclic) bond motifs is 1. The van der Waals surface area contributed by atoms with Gasteiger partial charge >= 0.3 is 0 Å². The summed E-state index contributed by atoms with van der Waals surface area (Å²) in [6.07, 6.45) is 0.896. The smallest absolute Gasteiger partial charge is 0.260 e. The molecule has 0 bridgehead atoms. The molecule has 0 saturated carbocycles. The zero-order valence-electron chi connectivity index (χ0n) is 21.3. The van der Waals surface area contributed by atoms with Crippen molar-refractivity contribution in [3.63, 3.8) is 0 Å². The molecule has 1 aliphatic carbocycles. The standard InChI is InChI=1S/C33H26Cl2N2O2/c1-20-14-16-21(17-15-20)32-31-28(18-22(19-30(31)38)23-8-2-4-10-25(23)34)36-27-12-6-7-13-29(27)37(32)33(39)24-9-3-5-11-26(24)35/h2-17,22,32,36H,18-19H2,1H3/t22-,32+/m0/s1. The van der Waals surface area contributed by atoms with Crippen LogP contribution in [0.25, 0.3) is 0 Å². The van der Waals surface area contributed by atoms with E-state index in [2.05, 4.69) is 5.32 Å². The van der Waals surface area contributed by atoms with Crippen LogP contribution in [0.3, 0.4) is 0 Å². The number of amides is 1. The van der Waals surface area contributed by atoms with E-state index in [1.807, 2.05) is 79.7 Å². The first-order valence-corrected chi connectivity index (χ1v) is 13.7. The molecule has 0 spiro atoms. The van der Waals surface area contributed by atoms with Crippen molar-refractivity contribution in [2.24, 2.45) is 0 Å². The summed E-state index contributed by atoms with van der Waals surface area (Å²) in [6.45, 7) is 2.02. The zero-order chi connectivity index (χ0) is 27.1. The Bertz CT molecular complexity index is 1630. The van der Waals surface area contributed by atoms with Crippen LogP contribution in [0.4, 0.5) is 11.4 Å². The fourth-order valence-electron chi connectivity index (χ4n) is 5.67. The highest BCUT2D eigenvalue weighted by Crippen LogP contribution is 2.48. The summed E-state index contributed by atoms with van der Waals surface area (Å²) in [7, 11) is 0. The number of ketones is 1. The van der Waals surface area contributed by atoms with E-state index in [0.29, 0.717) is 39.7 Å². The minimum Gasteiger partial charge on any atom is -0.357 e. The molecule has 0 radical (unpaired) electrons. The second-order valence-electron chi connectivity index (χ2n) is 10.1. The third-order valence-corrected chi connectivity index (χ3v) is 8.22. The molecule has 1 aliphatic heterocycles. The summed E-state index contributed by atoms with van der Waals surface area (Å²) in [5.41, 5.74) is 6.13. The molecule has 1 amide bonds. The predicted octanol–water partition coefficient (Wildman–Crippen LogP) is 8.52. The van der Waals surface area contributed by atoms with Crippen LogP contribution in [0.1, 0.15) is 51.8 Å². The minimum atomic E-state index is -0.639. The van der Waals surface area contributed by atoms with Crippen molar-refractivity contribution >= 4 is 46.3 Å². The van der Waals surface area contributed by atoms with E-state index in [1.54, 1.807) is 29.2 Å². The van der Waals surface area contributed by atoms with Gasteiger partial charge in [-0.2, -0.15) is 0 Å². The molecule has 0 saturated heterocycles. The van der Waals surface area contributed by atoms with Gasteiger partial charge < -0.3 is 5.32 Å². The normalized spacial score (nSPS) is 18.6. The molecule has 4 aromatic carbocycles. The van der Waals surface area contributed by atoms with E-state index in [-0.39, 0.29) is 17.6 Å². The number of Topliss-reactive ketones (excluding diaryl/α,β-unsaturated/α-hetero) is 1. The van der Waals surface area contributed by atoms with Gasteiger partial charge in [-0.05, 0) is 60.7 Å². The van der Waals surface area contributed by atoms with Crippen LogP contribution in [0.15, 0.2) is 108 Å². The van der Waals surface area contributed by atoms with E-state index < -0.39 is 6.04 Å². The molecule has 2 atom stereocenters. The van der Waals surface area contributed by atoms with Crippen molar-refractivity contribution < 1.29 is 9.59 Å². The monoisotopic (exact) mass is 552 g/mol. The lowest BCUT2D eigenvalue weighted by Crippen LogP contribution is -2.38. The molecule has 194 valence electrons. The first-order chi connectivity index (χ1) is 18.9. The van der Waals surface area contributed by atoms with E-state index in [9.17, 15) is 9.59 Å². The van der Waals surface area contributed by atoms with E-state index >= 15 is 0 Å². The molecular formula is C33H26Cl2N2O2. The molecule has 39 heavy (non-hydrogen) atoms. The van der Waals surface area contributed by atoms with Crippen LogP contribution in [-0.2, 0) is 4.79 Å². The van der Waals surface area contributed by atoms with Crippen molar-refractivity contribution in [3.8, 4) is 0 Å². The van der Waals surface area contributed by atoms with Gasteiger partial charge in [0.15, 0.2) is 5.78 Å². The van der Waals surface area contributed by atoms with Gasteiger partial charge in [0.2, 0.25) is 0 Å². The van der Waals surface area contributed by atoms with Crippen molar-refractivity contribution in [1.82, 2.24) is 0 Å². The van der Waals surface area contributed by atoms with Gasteiger partial charge in [-0.15, -0.1) is 0 Å². The van der Waals surface area contributed by atoms with Gasteiger partial charge in [0, 0.05) is 22.7 Å². The van der Waals surface area contributed by atoms with E-state index in [0.717, 1.165) is 28.1 Å². The van der Waals surface area contributed by atoms with Crippen molar-refractivity contribution in [2.75, 3.05) is 10.2 Å². The number of nitrogens with zero attached hydrogens (tertiary/aromatic N) is 1. The number of nitrogens with one attached hydrogen (secondary N) is 1. The van der Waals surface area contributed by atoms with E-state index in [4.69, 9.17) is 23.2 Å². The SMILES string of the molecule is Cc1ccc([C@@H]2C3=C(C[C@H](c4ccccc4Cl)CC3=O)Nc3ccccc3N2C(=O)c2ccccc2Cl)cc1. The Morgan fingerprint density at radius 3 is 2.23 bits per heavy atom. The number of para-hydroxylation sites is 2. The van der Waals surface area contributed by atoms with Crippen LogP contribution in [0.5, 0.6) is 0 Å². The van der Waals surface area contributed by atoms with Crippen molar-refractivity contribution in [2.45, 2.75) is 31.7 Å². The summed E-state index contributed by atoms with van der Waals surface area (Å²) < 4.78 is 0. The molecule has 0 unspecified atom stereocenters. The maximum atomic E-state index is 14.4. The number of anilines is 2. The molecule has 4 nitrogen and oxygen atoms in total. The Morgan fingerprint density at radius 2 is 1.49 bits per heavy atom. The summed E-state index contributed by atoms with van der Waals surface area (Å²) in [5, 5.41) is 4.58. The molecule has 6 heteroatoms. The second kappa shape index (κ2) is 10.4. The average Bonchev–Trinajstić information content (AvgIpc) is 3.08. The number of allylic oxidation sites excluding steroid dienone is 1. The fraction of sp³-hybridized carbons (Fsp3) is 0.152. The Balaban J connectivity index is 1.58. The topological polar surface area (TPSA) is 49.4 Å². The van der Waals surface area contributed by atoms with Gasteiger partial charge in [-0.3, -0.25) is 14.5 Å². The molecule has 0 aromatic heterocycles. The number of halogens is 2. The Hall–Kier alpha value is -3.86. The zero-order valence-corrected chi connectivity index (χ0v) is 22.8. The Labute approximate surface area is 237 Å². The van der Waals surface area contributed by atoms with Crippen LogP contribution < -0.4 is 10.2 Å². The van der Waals surface area contributed by atoms with Gasteiger partial charge in [-0.1, -0.05) is 95.5 Å². The first-order valence-electron chi connectivity index (χ1n) is 12.9. The largest absolute Gasteiger partial charge is 0.357 e. The number of carbonyl (C=O) groups excluding carboxylic acids is 2. The summed E-state index contributed by atoms with van der Waals surface area (Å²) >= 11 is 13.1. The first kappa shape index (κ1) is 25.4. The number of hydrogen-bond acceptors (Lipinski definition) is 3. The third kappa shape index (κ3) is 4.64. The van der Waals surface area contributed by atoms with Crippen LogP contribution in [-0.4, -0.2) is 11.7 Å². The van der Waals surface area contributed by atoms with Crippen LogP contribution in [0, 0.1) is 6.92 Å². The van der Waals surface area contributed by atoms with Crippen molar-refractivity contribution in [1.29, 1.82) is 0 Å². The summed E-state index contributed by atoms with van der Waals surface area (Å²) in [6, 6.07) is 29.8. The Morgan fingerprint density at radius 1 is 0.821 bits per heavy atom. The third-order valence-electron chi connectivity index (χ3n) is 7.55. The highest BCUT2D eigenvalue weighted by Gasteiger charge is 2.42. The quantitative estimate of drug-likeness (QED) is 0.277.